The molecule has 0 aliphatic carbocycles. The highest BCUT2D eigenvalue weighted by Crippen LogP contribution is 2.26. The summed E-state index contributed by atoms with van der Waals surface area (Å²) in [6.07, 6.45) is -2.86. The van der Waals surface area contributed by atoms with Crippen molar-refractivity contribution in [2.24, 2.45) is 0 Å². The van der Waals surface area contributed by atoms with Gasteiger partial charge in [0.25, 0.3) is 6.43 Å². The molecule has 0 amide bonds. The van der Waals surface area contributed by atoms with Crippen LogP contribution in [0.1, 0.15) is 17.7 Å². The smallest absolute Gasteiger partial charge is 0.266 e. The Bertz CT molecular complexity index is 845. The summed E-state index contributed by atoms with van der Waals surface area (Å²) in [6.45, 7) is 11.3. The minimum absolute atomic E-state index is 0.444. The first-order valence-electron chi connectivity index (χ1n) is 10.4. The van der Waals surface area contributed by atoms with E-state index in [1.165, 1.54) is 12.1 Å². The zero-order valence-corrected chi connectivity index (χ0v) is 17.2. The number of ether oxygens (including phenoxy) is 1. The number of anilines is 1. The molecule has 9 heteroatoms. The predicted octanol–water partition coefficient (Wildman–Crippen LogP) is 2.71. The van der Waals surface area contributed by atoms with Crippen LogP contribution in [0.25, 0.3) is 5.69 Å². The van der Waals surface area contributed by atoms with Gasteiger partial charge >= 0.3 is 0 Å². The van der Waals surface area contributed by atoms with E-state index in [9.17, 15) is 13.2 Å². The van der Waals surface area contributed by atoms with E-state index in [1.807, 2.05) is 13.0 Å². The van der Waals surface area contributed by atoms with E-state index in [0.717, 1.165) is 83.1 Å². The van der Waals surface area contributed by atoms with Crippen LogP contribution in [0.15, 0.2) is 24.3 Å². The van der Waals surface area contributed by atoms with Crippen LogP contribution in [0.4, 0.5) is 19.0 Å². The Morgan fingerprint density at radius 3 is 2.30 bits per heavy atom. The molecule has 0 unspecified atom stereocenters. The molecule has 0 bridgehead atoms. The van der Waals surface area contributed by atoms with Crippen molar-refractivity contribution < 1.29 is 17.9 Å². The maximum Gasteiger partial charge on any atom is 0.266 e. The average Bonchev–Trinajstić information content (AvgIpc) is 3.15. The van der Waals surface area contributed by atoms with Crippen LogP contribution in [0.3, 0.4) is 0 Å². The number of piperazine rings is 1. The molecule has 1 aromatic heterocycles. The van der Waals surface area contributed by atoms with Crippen LogP contribution in [-0.4, -0.2) is 85.2 Å². The van der Waals surface area contributed by atoms with Crippen LogP contribution in [0.5, 0.6) is 0 Å². The number of rotatable bonds is 6. The Morgan fingerprint density at radius 2 is 1.63 bits per heavy atom. The van der Waals surface area contributed by atoms with Gasteiger partial charge in [-0.05, 0) is 25.1 Å². The van der Waals surface area contributed by atoms with E-state index in [4.69, 9.17) is 4.74 Å². The number of nitrogens with zero attached hydrogens (tertiary/aromatic N) is 5. The van der Waals surface area contributed by atoms with Gasteiger partial charge in [-0.3, -0.25) is 9.80 Å². The molecule has 0 radical (unpaired) electrons. The highest BCUT2D eigenvalue weighted by atomic mass is 19.3. The first kappa shape index (κ1) is 21.1. The van der Waals surface area contributed by atoms with Crippen LogP contribution in [0, 0.1) is 12.7 Å². The minimum atomic E-state index is -2.86. The van der Waals surface area contributed by atoms with E-state index in [-0.39, 0.29) is 0 Å². The van der Waals surface area contributed by atoms with Crippen molar-refractivity contribution in [2.45, 2.75) is 13.3 Å². The summed E-state index contributed by atoms with van der Waals surface area (Å²) in [5.41, 5.74) is 0.670. The second-order valence-corrected chi connectivity index (χ2v) is 7.84. The molecule has 2 aliphatic rings. The van der Waals surface area contributed by atoms with Gasteiger partial charge in [0.1, 0.15) is 5.82 Å². The highest BCUT2D eigenvalue weighted by molar-refractivity contribution is 5.45. The van der Waals surface area contributed by atoms with E-state index < -0.39 is 17.8 Å². The lowest BCUT2D eigenvalue weighted by Gasteiger charge is -2.36. The van der Waals surface area contributed by atoms with Gasteiger partial charge < -0.3 is 9.64 Å². The van der Waals surface area contributed by atoms with E-state index in [2.05, 4.69) is 19.8 Å². The maximum absolute atomic E-state index is 13.6. The van der Waals surface area contributed by atoms with E-state index >= 15 is 0 Å². The number of hydrogen-bond donors (Lipinski definition) is 0. The quantitative estimate of drug-likeness (QED) is 0.714. The number of alkyl halides is 2. The number of morpholine rings is 1. The number of halogens is 3. The molecule has 2 saturated heterocycles. The van der Waals surface area contributed by atoms with Crippen molar-refractivity contribution in [3.8, 4) is 5.69 Å². The molecular formula is C21H28F3N5O. The van der Waals surface area contributed by atoms with Crippen LogP contribution in [-0.2, 0) is 4.74 Å². The minimum Gasteiger partial charge on any atom is -0.379 e. The fraction of sp³-hybridized carbons (Fsp3) is 0.571. The summed E-state index contributed by atoms with van der Waals surface area (Å²) in [5, 5.41) is 4.61. The van der Waals surface area contributed by atoms with Crippen molar-refractivity contribution in [3.05, 3.63) is 41.3 Å². The molecule has 3 heterocycles. The second-order valence-electron chi connectivity index (χ2n) is 7.84. The zero-order chi connectivity index (χ0) is 21.1. The molecule has 4 rings (SSSR count). The summed E-state index contributed by atoms with van der Waals surface area (Å²) in [4.78, 5) is 7.12. The van der Waals surface area contributed by atoms with Gasteiger partial charge in [-0.25, -0.2) is 17.9 Å². The lowest BCUT2D eigenvalue weighted by atomic mass is 10.2. The normalized spacial score (nSPS) is 19.0. The van der Waals surface area contributed by atoms with Gasteiger partial charge in [0, 0.05) is 64.1 Å². The molecule has 2 aliphatic heterocycles. The van der Waals surface area contributed by atoms with Gasteiger partial charge in [-0.2, -0.15) is 5.10 Å². The molecule has 30 heavy (non-hydrogen) atoms. The molecule has 0 saturated carbocycles. The molecule has 2 fully saturated rings. The highest BCUT2D eigenvalue weighted by Gasteiger charge is 2.22. The number of hydrogen-bond acceptors (Lipinski definition) is 5. The Labute approximate surface area is 174 Å². The molecule has 0 N–H and O–H groups in total. The Balaban J connectivity index is 1.36. The third-order valence-corrected chi connectivity index (χ3v) is 5.87. The van der Waals surface area contributed by atoms with Gasteiger partial charge in [-0.1, -0.05) is 0 Å². The summed E-state index contributed by atoms with van der Waals surface area (Å²) < 4.78 is 46.7. The fourth-order valence-electron chi connectivity index (χ4n) is 4.01. The molecule has 2 aromatic rings. The van der Waals surface area contributed by atoms with Gasteiger partial charge in [0.05, 0.1) is 24.5 Å². The third kappa shape index (κ3) is 4.79. The Hall–Kier alpha value is -2.10. The van der Waals surface area contributed by atoms with E-state index in [1.54, 1.807) is 4.68 Å². The van der Waals surface area contributed by atoms with Crippen LogP contribution >= 0.6 is 0 Å². The second kappa shape index (κ2) is 9.36. The van der Waals surface area contributed by atoms with Gasteiger partial charge in [0.2, 0.25) is 0 Å². The first-order chi connectivity index (χ1) is 14.5. The molecule has 164 valence electrons. The summed E-state index contributed by atoms with van der Waals surface area (Å²) in [5.74, 6) is -0.0739. The molecular weight excluding hydrogens is 395 g/mol. The van der Waals surface area contributed by atoms with Crippen molar-refractivity contribution in [1.29, 1.82) is 0 Å². The van der Waals surface area contributed by atoms with Crippen molar-refractivity contribution in [1.82, 2.24) is 19.6 Å². The number of benzene rings is 1. The van der Waals surface area contributed by atoms with Crippen molar-refractivity contribution in [3.63, 3.8) is 0 Å². The summed E-state index contributed by atoms with van der Waals surface area (Å²) in [6, 6.07) is 5.68. The topological polar surface area (TPSA) is 36.8 Å². The predicted molar refractivity (Wildman–Crippen MR) is 109 cm³/mol. The molecule has 0 atom stereocenters. The summed E-state index contributed by atoms with van der Waals surface area (Å²) >= 11 is 0. The van der Waals surface area contributed by atoms with Crippen molar-refractivity contribution >= 4 is 5.82 Å². The first-order valence-corrected chi connectivity index (χ1v) is 10.4. The largest absolute Gasteiger partial charge is 0.379 e. The SMILES string of the molecule is Cc1cc(N2CCN(CCN3CCOCC3)CC2)nn1-c1ccc(F)c(C(F)F)c1. The lowest BCUT2D eigenvalue weighted by molar-refractivity contribution is 0.0331. The third-order valence-electron chi connectivity index (χ3n) is 5.87. The van der Waals surface area contributed by atoms with E-state index in [0.29, 0.717) is 5.69 Å². The molecule has 0 spiro atoms. The average molecular weight is 423 g/mol. The number of aryl methyl sites for hydroxylation is 1. The van der Waals surface area contributed by atoms with Gasteiger partial charge in [-0.15, -0.1) is 0 Å². The number of aromatic nitrogens is 2. The monoisotopic (exact) mass is 423 g/mol. The zero-order valence-electron chi connectivity index (χ0n) is 17.2. The standard InChI is InChI=1S/C21H28F3N5O/c1-16-14-20(25-29(16)17-2-3-19(22)18(15-17)21(23)24)28-8-6-26(7-9-28)4-5-27-10-12-30-13-11-27/h2-3,14-15,21H,4-13H2,1H3. The summed E-state index contributed by atoms with van der Waals surface area (Å²) in [7, 11) is 0. The molecule has 1 aromatic carbocycles. The Kier molecular flexibility index (Phi) is 6.60. The fourth-order valence-corrected chi connectivity index (χ4v) is 4.01. The maximum atomic E-state index is 13.6. The van der Waals surface area contributed by atoms with Gasteiger partial charge in [0.15, 0.2) is 5.82 Å². The lowest BCUT2D eigenvalue weighted by Crippen LogP contribution is -2.49. The molecule has 6 nitrogen and oxygen atoms in total. The Morgan fingerprint density at radius 1 is 0.967 bits per heavy atom. The van der Waals surface area contributed by atoms with Crippen LogP contribution in [0.2, 0.25) is 0 Å². The van der Waals surface area contributed by atoms with Crippen molar-refractivity contribution in [2.75, 3.05) is 70.5 Å². The van der Waals surface area contributed by atoms with Crippen LogP contribution < -0.4 is 4.90 Å².